The van der Waals surface area contributed by atoms with Crippen LogP contribution < -0.4 is 16.4 Å². The van der Waals surface area contributed by atoms with Crippen LogP contribution in [0, 0.1) is 0 Å². The molecule has 1 saturated heterocycles. The Labute approximate surface area is 150 Å². The Balaban J connectivity index is 1.83. The maximum Gasteiger partial charge on any atom is 0.284 e. The van der Waals surface area contributed by atoms with Gasteiger partial charge in [0.2, 0.25) is 0 Å². The molecule has 0 aliphatic carbocycles. The van der Waals surface area contributed by atoms with Crippen LogP contribution in [0.2, 0.25) is 0 Å². The van der Waals surface area contributed by atoms with E-state index in [0.29, 0.717) is 18.3 Å². The minimum Gasteiger partial charge on any atom is -0.454 e. The first kappa shape index (κ1) is 19.3. The van der Waals surface area contributed by atoms with E-state index in [2.05, 4.69) is 27.4 Å². The van der Waals surface area contributed by atoms with Crippen molar-refractivity contribution in [3.63, 3.8) is 0 Å². The van der Waals surface area contributed by atoms with Crippen molar-refractivity contribution in [1.29, 1.82) is 0 Å². The molecule has 2 rings (SSSR count). The zero-order valence-corrected chi connectivity index (χ0v) is 15.4. The number of hydrogen-bond donors (Lipinski definition) is 3. The van der Waals surface area contributed by atoms with Crippen molar-refractivity contribution >= 4 is 11.9 Å². The van der Waals surface area contributed by atoms with Crippen molar-refractivity contribution in [3.05, 3.63) is 23.7 Å². The largest absolute Gasteiger partial charge is 0.454 e. The van der Waals surface area contributed by atoms with Crippen LogP contribution in [0.5, 0.6) is 0 Å². The number of carbonyl (C=O) groups is 1. The minimum absolute atomic E-state index is 0.166. The van der Waals surface area contributed by atoms with Gasteiger partial charge in [-0.3, -0.25) is 9.69 Å². The summed E-state index contributed by atoms with van der Waals surface area (Å²) in [4.78, 5) is 18.1. The molecule has 7 nitrogen and oxygen atoms in total. The van der Waals surface area contributed by atoms with Gasteiger partial charge in [0.1, 0.15) is 12.3 Å². The normalized spacial score (nSPS) is 19.0. The van der Waals surface area contributed by atoms with Gasteiger partial charge in [-0.05, 0) is 44.9 Å². The van der Waals surface area contributed by atoms with Crippen molar-refractivity contribution in [2.45, 2.75) is 52.1 Å². The maximum atomic E-state index is 11.1. The average molecular weight is 349 g/mol. The fraction of sp³-hybridized carbons (Fsp3) is 0.667. The highest BCUT2D eigenvalue weighted by molar-refractivity contribution is 5.89. The molecule has 1 aliphatic heterocycles. The maximum absolute atomic E-state index is 11.1. The van der Waals surface area contributed by atoms with E-state index >= 15 is 0 Å². The molecule has 0 aromatic carbocycles. The zero-order valence-electron chi connectivity index (χ0n) is 15.4. The fourth-order valence-electron chi connectivity index (χ4n) is 3.23. The third-order valence-corrected chi connectivity index (χ3v) is 4.55. The number of aliphatic imine (C=N–C) groups is 1. The van der Waals surface area contributed by atoms with Gasteiger partial charge >= 0.3 is 0 Å². The van der Waals surface area contributed by atoms with Crippen molar-refractivity contribution in [2.24, 2.45) is 10.7 Å². The van der Waals surface area contributed by atoms with Gasteiger partial charge in [-0.1, -0.05) is 13.3 Å². The monoisotopic (exact) mass is 349 g/mol. The fourth-order valence-corrected chi connectivity index (χ4v) is 3.23. The predicted molar refractivity (Wildman–Crippen MR) is 99.5 cm³/mol. The van der Waals surface area contributed by atoms with Crippen LogP contribution in [-0.2, 0) is 6.54 Å². The summed E-state index contributed by atoms with van der Waals surface area (Å²) in [6, 6.07) is 4.02. The first-order valence-corrected chi connectivity index (χ1v) is 9.28. The molecule has 1 aromatic rings. The van der Waals surface area contributed by atoms with Crippen LogP contribution in [0.15, 0.2) is 21.5 Å². The van der Waals surface area contributed by atoms with E-state index in [1.54, 1.807) is 12.1 Å². The summed E-state index contributed by atoms with van der Waals surface area (Å²) in [6.45, 7) is 8.53. The lowest BCUT2D eigenvalue weighted by Crippen LogP contribution is -2.45. The Morgan fingerprint density at radius 1 is 1.36 bits per heavy atom. The van der Waals surface area contributed by atoms with Crippen LogP contribution in [-0.4, -0.2) is 49.0 Å². The third kappa shape index (κ3) is 6.08. The minimum atomic E-state index is -0.563. The molecule has 1 atom stereocenters. The van der Waals surface area contributed by atoms with Gasteiger partial charge in [-0.2, -0.15) is 0 Å². The number of nitrogens with zero attached hydrogens (tertiary/aromatic N) is 2. The molecular formula is C18H31N5O2. The van der Waals surface area contributed by atoms with E-state index in [1.807, 2.05) is 6.92 Å². The van der Waals surface area contributed by atoms with Gasteiger partial charge in [0, 0.05) is 25.7 Å². The molecular weight excluding hydrogens is 318 g/mol. The second-order valence-corrected chi connectivity index (χ2v) is 6.35. The van der Waals surface area contributed by atoms with E-state index in [1.165, 1.54) is 32.2 Å². The summed E-state index contributed by atoms with van der Waals surface area (Å²) in [6.07, 6.45) is 5.18. The molecule has 0 bridgehead atoms. The molecule has 7 heteroatoms. The average Bonchev–Trinajstić information content (AvgIpc) is 3.09. The molecule has 4 N–H and O–H groups in total. The zero-order chi connectivity index (χ0) is 18.1. The van der Waals surface area contributed by atoms with Crippen LogP contribution in [0.4, 0.5) is 0 Å². The highest BCUT2D eigenvalue weighted by Crippen LogP contribution is 2.18. The highest BCUT2D eigenvalue weighted by atomic mass is 16.3. The molecule has 0 radical (unpaired) electrons. The molecule has 140 valence electrons. The summed E-state index contributed by atoms with van der Waals surface area (Å²) < 4.78 is 5.36. The number of likely N-dealkylation sites (tertiary alicyclic amines) is 1. The van der Waals surface area contributed by atoms with Crippen molar-refractivity contribution < 1.29 is 9.21 Å². The van der Waals surface area contributed by atoms with E-state index in [9.17, 15) is 4.79 Å². The topological polar surface area (TPSA) is 95.9 Å². The molecule has 0 spiro atoms. The summed E-state index contributed by atoms with van der Waals surface area (Å²) >= 11 is 0. The van der Waals surface area contributed by atoms with E-state index in [-0.39, 0.29) is 5.76 Å². The van der Waals surface area contributed by atoms with Gasteiger partial charge in [-0.25, -0.2) is 4.99 Å². The Kier molecular flexibility index (Phi) is 7.78. The second-order valence-electron chi connectivity index (χ2n) is 6.35. The molecule has 1 unspecified atom stereocenters. The van der Waals surface area contributed by atoms with Crippen molar-refractivity contribution in [1.82, 2.24) is 15.5 Å². The van der Waals surface area contributed by atoms with Gasteiger partial charge < -0.3 is 20.8 Å². The van der Waals surface area contributed by atoms with Gasteiger partial charge in [0.05, 0.1) is 0 Å². The van der Waals surface area contributed by atoms with E-state index in [0.717, 1.165) is 25.6 Å². The summed E-state index contributed by atoms with van der Waals surface area (Å²) in [7, 11) is 0. The lowest BCUT2D eigenvalue weighted by atomic mass is 10.0. The third-order valence-electron chi connectivity index (χ3n) is 4.55. The van der Waals surface area contributed by atoms with Gasteiger partial charge in [0.25, 0.3) is 5.91 Å². The van der Waals surface area contributed by atoms with Crippen LogP contribution in [0.3, 0.4) is 0 Å². The molecule has 1 fully saturated rings. The number of furan rings is 1. The number of carbonyl (C=O) groups excluding carboxylic acids is 1. The lowest BCUT2D eigenvalue weighted by molar-refractivity contribution is 0.0972. The predicted octanol–water partition coefficient (Wildman–Crippen LogP) is 1.70. The number of amides is 1. The molecule has 2 heterocycles. The smallest absolute Gasteiger partial charge is 0.284 e. The summed E-state index contributed by atoms with van der Waals surface area (Å²) in [5, 5.41) is 6.61. The molecule has 0 saturated carbocycles. The SMILES string of the molecule is CCNC(=NCc1ccc(C(N)=O)o1)NCCN1CCCCC1CC. The molecule has 1 amide bonds. The number of primary amides is 1. The molecule has 1 aliphatic rings. The number of nitrogens with one attached hydrogen (secondary N) is 2. The van der Waals surface area contributed by atoms with Crippen LogP contribution in [0.1, 0.15) is 55.8 Å². The first-order chi connectivity index (χ1) is 12.1. The van der Waals surface area contributed by atoms with E-state index in [4.69, 9.17) is 10.2 Å². The number of hydrogen-bond acceptors (Lipinski definition) is 4. The van der Waals surface area contributed by atoms with E-state index < -0.39 is 5.91 Å². The Bertz CT molecular complexity index is 570. The molecule has 1 aromatic heterocycles. The molecule has 25 heavy (non-hydrogen) atoms. The summed E-state index contributed by atoms with van der Waals surface area (Å²) in [5.41, 5.74) is 5.19. The standard InChI is InChI=1S/C18H31N5O2/c1-3-14-7-5-6-11-23(14)12-10-21-18(20-4-2)22-13-15-8-9-16(25-15)17(19)24/h8-9,14H,3-7,10-13H2,1-2H3,(H2,19,24)(H2,20,21,22). The lowest BCUT2D eigenvalue weighted by Gasteiger charge is -2.35. The van der Waals surface area contributed by atoms with Gasteiger partial charge in [0.15, 0.2) is 11.7 Å². The Hall–Kier alpha value is -2.02. The van der Waals surface area contributed by atoms with Gasteiger partial charge in [-0.15, -0.1) is 0 Å². The highest BCUT2D eigenvalue weighted by Gasteiger charge is 2.19. The summed E-state index contributed by atoms with van der Waals surface area (Å²) in [5.74, 6) is 0.976. The number of rotatable bonds is 8. The number of nitrogens with two attached hydrogens (primary N) is 1. The van der Waals surface area contributed by atoms with Crippen LogP contribution in [0.25, 0.3) is 0 Å². The van der Waals surface area contributed by atoms with Crippen molar-refractivity contribution in [2.75, 3.05) is 26.2 Å². The quantitative estimate of drug-likeness (QED) is 0.490. The Morgan fingerprint density at radius 2 is 2.20 bits per heavy atom. The first-order valence-electron chi connectivity index (χ1n) is 9.28. The Morgan fingerprint density at radius 3 is 2.88 bits per heavy atom. The number of guanidine groups is 1. The van der Waals surface area contributed by atoms with Crippen LogP contribution >= 0.6 is 0 Å². The van der Waals surface area contributed by atoms with Crippen molar-refractivity contribution in [3.8, 4) is 0 Å². The second kappa shape index (κ2) is 10.1. The number of piperidine rings is 1.